The Balaban J connectivity index is 1.32. The van der Waals surface area contributed by atoms with E-state index in [9.17, 15) is 9.90 Å². The first-order valence-electron chi connectivity index (χ1n) is 8.40. The zero-order valence-electron chi connectivity index (χ0n) is 13.2. The van der Waals surface area contributed by atoms with E-state index >= 15 is 0 Å². The molecule has 23 heavy (non-hydrogen) atoms. The molecule has 4 rings (SSSR count). The highest BCUT2D eigenvalue weighted by atomic mass is 16.5. The van der Waals surface area contributed by atoms with Gasteiger partial charge in [-0.15, -0.1) is 0 Å². The molecule has 5 heteroatoms. The second kappa shape index (κ2) is 5.89. The van der Waals surface area contributed by atoms with Gasteiger partial charge in [-0.2, -0.15) is 0 Å². The largest absolute Gasteiger partial charge is 0.396 e. The molecule has 0 saturated carbocycles. The maximum Gasteiger partial charge on any atom is 0.248 e. The maximum absolute atomic E-state index is 12.4. The van der Waals surface area contributed by atoms with Crippen molar-refractivity contribution in [3.8, 4) is 0 Å². The molecule has 1 aromatic carbocycles. The topological polar surface area (TPSA) is 59.0 Å². The van der Waals surface area contributed by atoms with Crippen LogP contribution in [0.2, 0.25) is 0 Å². The van der Waals surface area contributed by atoms with Gasteiger partial charge in [0.25, 0.3) is 0 Å². The second-order valence-corrected chi connectivity index (χ2v) is 6.97. The van der Waals surface area contributed by atoms with Crippen LogP contribution in [0.4, 0.5) is 0 Å². The quantitative estimate of drug-likeness (QED) is 0.886. The molecule has 3 aliphatic heterocycles. The lowest BCUT2D eigenvalue weighted by atomic mass is 9.74. The van der Waals surface area contributed by atoms with E-state index in [1.807, 2.05) is 35.2 Å². The average Bonchev–Trinajstić information content (AvgIpc) is 3.23. The molecular formula is C18H23NO4. The van der Waals surface area contributed by atoms with Crippen molar-refractivity contribution in [2.75, 3.05) is 26.3 Å². The third kappa shape index (κ3) is 2.57. The number of rotatable bonds is 5. The fourth-order valence-corrected chi connectivity index (χ4v) is 4.55. The monoisotopic (exact) mass is 317 g/mol. The van der Waals surface area contributed by atoms with Crippen LogP contribution in [0, 0.1) is 11.8 Å². The van der Waals surface area contributed by atoms with Crippen molar-refractivity contribution in [1.29, 1.82) is 0 Å². The molecule has 5 nitrogen and oxygen atoms in total. The van der Waals surface area contributed by atoms with E-state index in [4.69, 9.17) is 9.47 Å². The standard InChI is InChI=1S/C18H23NO4/c20-9-14-15-8-19(12-18(15)7-6-16(14)23-18)17(21)11-22-10-13-4-2-1-3-5-13/h1-5,14-16,20H,6-12H2/t14-,15+,16+,18+/m0/s1. The molecule has 3 heterocycles. The zero-order valence-corrected chi connectivity index (χ0v) is 13.2. The van der Waals surface area contributed by atoms with Gasteiger partial charge < -0.3 is 19.5 Å². The highest BCUT2D eigenvalue weighted by Crippen LogP contribution is 2.54. The number of nitrogens with zero attached hydrogens (tertiary/aromatic N) is 1. The van der Waals surface area contributed by atoms with Crippen molar-refractivity contribution in [3.05, 3.63) is 35.9 Å². The second-order valence-electron chi connectivity index (χ2n) is 6.97. The fourth-order valence-electron chi connectivity index (χ4n) is 4.55. The van der Waals surface area contributed by atoms with Gasteiger partial charge in [-0.3, -0.25) is 4.79 Å². The lowest BCUT2D eigenvalue weighted by Gasteiger charge is -2.27. The predicted molar refractivity (Wildman–Crippen MR) is 83.6 cm³/mol. The lowest BCUT2D eigenvalue weighted by Crippen LogP contribution is -2.38. The molecule has 1 aromatic rings. The Morgan fingerprint density at radius 1 is 1.39 bits per heavy atom. The van der Waals surface area contributed by atoms with E-state index in [2.05, 4.69) is 0 Å². The van der Waals surface area contributed by atoms with Gasteiger partial charge in [0, 0.05) is 25.0 Å². The number of aliphatic hydroxyl groups is 1. The Labute approximate surface area is 136 Å². The third-order valence-corrected chi connectivity index (χ3v) is 5.68. The number of hydrogen-bond donors (Lipinski definition) is 1. The molecule has 0 unspecified atom stereocenters. The molecule has 3 saturated heterocycles. The molecule has 0 radical (unpaired) electrons. The summed E-state index contributed by atoms with van der Waals surface area (Å²) in [5.41, 5.74) is 0.868. The van der Waals surface area contributed by atoms with Crippen molar-refractivity contribution in [1.82, 2.24) is 4.90 Å². The normalized spacial score (nSPS) is 34.8. The van der Waals surface area contributed by atoms with E-state index in [0.29, 0.717) is 19.7 Å². The molecule has 3 aliphatic rings. The molecule has 0 aliphatic carbocycles. The van der Waals surface area contributed by atoms with Gasteiger partial charge in [0.05, 0.1) is 24.9 Å². The van der Waals surface area contributed by atoms with Crippen LogP contribution in [0.25, 0.3) is 0 Å². The molecule has 1 amide bonds. The van der Waals surface area contributed by atoms with Crippen LogP contribution in [0.15, 0.2) is 30.3 Å². The maximum atomic E-state index is 12.4. The molecule has 1 N–H and O–H groups in total. The zero-order chi connectivity index (χ0) is 15.9. The van der Waals surface area contributed by atoms with Crippen molar-refractivity contribution in [2.45, 2.75) is 31.2 Å². The Morgan fingerprint density at radius 2 is 2.22 bits per heavy atom. The van der Waals surface area contributed by atoms with Gasteiger partial charge in [0.1, 0.15) is 6.61 Å². The van der Waals surface area contributed by atoms with Crippen LogP contribution < -0.4 is 0 Å². The van der Waals surface area contributed by atoms with Gasteiger partial charge in [0.2, 0.25) is 5.91 Å². The van der Waals surface area contributed by atoms with E-state index in [1.165, 1.54) is 0 Å². The highest BCUT2D eigenvalue weighted by Gasteiger charge is 2.63. The van der Waals surface area contributed by atoms with Crippen molar-refractivity contribution >= 4 is 5.91 Å². The van der Waals surface area contributed by atoms with Gasteiger partial charge in [-0.1, -0.05) is 30.3 Å². The van der Waals surface area contributed by atoms with Gasteiger partial charge in [0.15, 0.2) is 0 Å². The summed E-state index contributed by atoms with van der Waals surface area (Å²) in [5.74, 6) is 0.490. The fraction of sp³-hybridized carbons (Fsp3) is 0.611. The van der Waals surface area contributed by atoms with Gasteiger partial charge in [-0.25, -0.2) is 0 Å². The third-order valence-electron chi connectivity index (χ3n) is 5.68. The van der Waals surface area contributed by atoms with Crippen LogP contribution in [0.3, 0.4) is 0 Å². The summed E-state index contributed by atoms with van der Waals surface area (Å²) in [4.78, 5) is 14.3. The van der Waals surface area contributed by atoms with E-state index in [-0.39, 0.29) is 42.7 Å². The number of ether oxygens (including phenoxy) is 2. The average molecular weight is 317 g/mol. The minimum absolute atomic E-state index is 0.0217. The number of likely N-dealkylation sites (tertiary alicyclic amines) is 1. The molecule has 0 aromatic heterocycles. The summed E-state index contributed by atoms with van der Waals surface area (Å²) >= 11 is 0. The number of amides is 1. The first-order valence-corrected chi connectivity index (χ1v) is 8.40. The number of aliphatic hydroxyl groups excluding tert-OH is 1. The molecule has 4 atom stereocenters. The van der Waals surface area contributed by atoms with Crippen molar-refractivity contribution in [2.24, 2.45) is 11.8 Å². The number of fused-ring (bicyclic) bond motifs is 1. The smallest absolute Gasteiger partial charge is 0.248 e. The van der Waals surface area contributed by atoms with Crippen LogP contribution >= 0.6 is 0 Å². The Bertz CT molecular complexity index is 578. The summed E-state index contributed by atoms with van der Waals surface area (Å²) in [6, 6.07) is 9.86. The van der Waals surface area contributed by atoms with Crippen LogP contribution in [-0.4, -0.2) is 53.9 Å². The Hall–Kier alpha value is -1.43. The van der Waals surface area contributed by atoms with Crippen LogP contribution in [0.5, 0.6) is 0 Å². The molecule has 124 valence electrons. The lowest BCUT2D eigenvalue weighted by molar-refractivity contribution is -0.137. The molecule has 2 bridgehead atoms. The van der Waals surface area contributed by atoms with Gasteiger partial charge in [-0.05, 0) is 18.4 Å². The molecule has 1 spiro atoms. The predicted octanol–water partition coefficient (Wildman–Crippen LogP) is 1.20. The first-order chi connectivity index (χ1) is 11.2. The number of carbonyl (C=O) groups excluding carboxylic acids is 1. The van der Waals surface area contributed by atoms with Crippen molar-refractivity contribution < 1.29 is 19.4 Å². The van der Waals surface area contributed by atoms with E-state index in [1.54, 1.807) is 0 Å². The molecule has 3 fully saturated rings. The van der Waals surface area contributed by atoms with E-state index in [0.717, 1.165) is 18.4 Å². The summed E-state index contributed by atoms with van der Waals surface area (Å²) in [6.45, 7) is 2.05. The Morgan fingerprint density at radius 3 is 3.00 bits per heavy atom. The summed E-state index contributed by atoms with van der Waals surface area (Å²) in [5, 5.41) is 9.62. The minimum atomic E-state index is -0.201. The summed E-state index contributed by atoms with van der Waals surface area (Å²) in [6.07, 6.45) is 2.21. The van der Waals surface area contributed by atoms with E-state index < -0.39 is 0 Å². The van der Waals surface area contributed by atoms with Gasteiger partial charge >= 0.3 is 0 Å². The highest BCUT2D eigenvalue weighted by molar-refractivity contribution is 5.78. The van der Waals surface area contributed by atoms with Crippen LogP contribution in [-0.2, 0) is 20.9 Å². The van der Waals surface area contributed by atoms with Crippen LogP contribution in [0.1, 0.15) is 18.4 Å². The number of hydrogen-bond acceptors (Lipinski definition) is 4. The van der Waals surface area contributed by atoms with Crippen molar-refractivity contribution in [3.63, 3.8) is 0 Å². The SMILES string of the molecule is O=C(COCc1ccccc1)N1C[C@@H]2[C@H](CO)[C@H]3CC[C@]2(C1)O3. The Kier molecular flexibility index (Phi) is 3.87. The number of benzene rings is 1. The number of carbonyl (C=O) groups is 1. The minimum Gasteiger partial charge on any atom is -0.396 e. The summed E-state index contributed by atoms with van der Waals surface area (Å²) in [7, 11) is 0. The molecular weight excluding hydrogens is 294 g/mol. The summed E-state index contributed by atoms with van der Waals surface area (Å²) < 4.78 is 11.7. The first kappa shape index (κ1) is 15.1.